The first-order valence-corrected chi connectivity index (χ1v) is 4.51. The molecule has 0 saturated carbocycles. The van der Waals surface area contributed by atoms with Gasteiger partial charge in [0.2, 0.25) is 0 Å². The number of hydrogen-bond donors (Lipinski definition) is 0. The van der Waals surface area contributed by atoms with Gasteiger partial charge in [0.1, 0.15) is 0 Å². The second-order valence-corrected chi connectivity index (χ2v) is 4.16. The number of piperidine rings is 1. The van der Waals surface area contributed by atoms with E-state index in [0.29, 0.717) is 0 Å². The molecule has 11 heavy (non-hydrogen) atoms. The molecule has 2 heteroatoms. The van der Waals surface area contributed by atoms with Gasteiger partial charge in [-0.2, -0.15) is 0 Å². The van der Waals surface area contributed by atoms with Crippen LogP contribution < -0.4 is 0 Å². The van der Waals surface area contributed by atoms with E-state index in [1.807, 2.05) is 0 Å². The molecule has 2 atom stereocenters. The average molecular weight is 156 g/mol. The summed E-state index contributed by atoms with van der Waals surface area (Å²) in [5.74, 6) is 1.72. The Hall–Kier alpha value is -0.0800. The number of rotatable bonds is 1. The summed E-state index contributed by atoms with van der Waals surface area (Å²) in [5, 5.41) is 4.64. The predicted molar refractivity (Wildman–Crippen MR) is 48.2 cm³/mol. The molecule has 1 rings (SSSR count). The number of hydrogen-bond acceptors (Lipinski definition) is 2. The highest BCUT2D eigenvalue weighted by Gasteiger charge is 2.22. The summed E-state index contributed by atoms with van der Waals surface area (Å²) < 4.78 is 0. The van der Waals surface area contributed by atoms with E-state index in [4.69, 9.17) is 0 Å². The van der Waals surface area contributed by atoms with Crippen LogP contribution in [0.3, 0.4) is 0 Å². The molecule has 0 aromatic carbocycles. The van der Waals surface area contributed by atoms with Gasteiger partial charge >= 0.3 is 0 Å². The van der Waals surface area contributed by atoms with E-state index in [1.165, 1.54) is 19.5 Å². The monoisotopic (exact) mass is 156 g/mol. The Labute approximate surface area is 70.1 Å². The Morgan fingerprint density at radius 1 is 1.09 bits per heavy atom. The summed E-state index contributed by atoms with van der Waals surface area (Å²) in [6.45, 7) is 7.15. The zero-order valence-electron chi connectivity index (χ0n) is 8.17. The van der Waals surface area contributed by atoms with Crippen LogP contribution in [-0.2, 0) is 0 Å². The molecule has 1 aliphatic heterocycles. The lowest BCUT2D eigenvalue weighted by Gasteiger charge is -2.38. The van der Waals surface area contributed by atoms with Crippen LogP contribution >= 0.6 is 0 Å². The standard InChI is InChI=1S/C9H20N2/c1-8-5-9(2)7-11(6-8)10(3)4/h8-9H,5-7H2,1-4H3. The fraction of sp³-hybridized carbons (Fsp3) is 1.00. The van der Waals surface area contributed by atoms with Crippen LogP contribution in [0.4, 0.5) is 0 Å². The molecule has 1 fully saturated rings. The van der Waals surface area contributed by atoms with Crippen LogP contribution in [0.2, 0.25) is 0 Å². The van der Waals surface area contributed by atoms with Gasteiger partial charge in [-0.05, 0) is 18.3 Å². The Morgan fingerprint density at radius 3 is 1.91 bits per heavy atom. The van der Waals surface area contributed by atoms with Crippen LogP contribution in [-0.4, -0.2) is 37.2 Å². The first-order chi connectivity index (χ1) is 5.09. The van der Waals surface area contributed by atoms with E-state index in [2.05, 4.69) is 38.0 Å². The largest absolute Gasteiger partial charge is 0.248 e. The Balaban J connectivity index is 2.43. The van der Waals surface area contributed by atoms with E-state index in [1.54, 1.807) is 0 Å². The summed E-state index contributed by atoms with van der Waals surface area (Å²) in [7, 11) is 4.26. The van der Waals surface area contributed by atoms with Crippen molar-refractivity contribution in [1.82, 2.24) is 10.0 Å². The summed E-state index contributed by atoms with van der Waals surface area (Å²) in [6.07, 6.45) is 1.39. The molecule has 2 unspecified atom stereocenters. The van der Waals surface area contributed by atoms with Crippen LogP contribution in [0, 0.1) is 11.8 Å². The summed E-state index contributed by atoms with van der Waals surface area (Å²) in [4.78, 5) is 0. The molecule has 0 amide bonds. The minimum Gasteiger partial charge on any atom is -0.248 e. The third-order valence-corrected chi connectivity index (χ3v) is 2.42. The third-order valence-electron chi connectivity index (χ3n) is 2.42. The van der Waals surface area contributed by atoms with Gasteiger partial charge in [-0.3, -0.25) is 0 Å². The van der Waals surface area contributed by atoms with Crippen LogP contribution in [0.15, 0.2) is 0 Å². The van der Waals surface area contributed by atoms with Gasteiger partial charge in [-0.15, -0.1) is 0 Å². The quantitative estimate of drug-likeness (QED) is 0.567. The Kier molecular flexibility index (Phi) is 2.90. The molecule has 2 nitrogen and oxygen atoms in total. The van der Waals surface area contributed by atoms with Crippen LogP contribution in [0.1, 0.15) is 20.3 Å². The van der Waals surface area contributed by atoms with Gasteiger partial charge in [-0.1, -0.05) is 13.8 Å². The average Bonchev–Trinajstić information content (AvgIpc) is 1.85. The van der Waals surface area contributed by atoms with Crippen molar-refractivity contribution in [2.45, 2.75) is 20.3 Å². The molecule has 0 N–H and O–H groups in total. The molecular formula is C9H20N2. The van der Waals surface area contributed by atoms with E-state index < -0.39 is 0 Å². The lowest BCUT2D eigenvalue weighted by atomic mass is 9.93. The SMILES string of the molecule is CC1CC(C)CN(N(C)C)C1. The topological polar surface area (TPSA) is 6.48 Å². The van der Waals surface area contributed by atoms with Crippen molar-refractivity contribution < 1.29 is 0 Å². The first-order valence-electron chi connectivity index (χ1n) is 4.51. The van der Waals surface area contributed by atoms with Crippen LogP contribution in [0.25, 0.3) is 0 Å². The van der Waals surface area contributed by atoms with Crippen molar-refractivity contribution >= 4 is 0 Å². The van der Waals surface area contributed by atoms with E-state index in [9.17, 15) is 0 Å². The molecule has 1 aliphatic rings. The van der Waals surface area contributed by atoms with Gasteiger partial charge in [0.15, 0.2) is 0 Å². The fourth-order valence-electron chi connectivity index (χ4n) is 1.96. The maximum Gasteiger partial charge on any atom is 0.0159 e. The number of hydrazine groups is 1. The normalized spacial score (nSPS) is 34.6. The van der Waals surface area contributed by atoms with Crippen LogP contribution in [0.5, 0.6) is 0 Å². The highest BCUT2D eigenvalue weighted by molar-refractivity contribution is 4.71. The minimum absolute atomic E-state index is 0.862. The molecule has 0 aromatic heterocycles. The van der Waals surface area contributed by atoms with Gasteiger partial charge in [-0.25, -0.2) is 10.0 Å². The lowest BCUT2D eigenvalue weighted by Crippen LogP contribution is -2.46. The van der Waals surface area contributed by atoms with Crippen molar-refractivity contribution in [3.8, 4) is 0 Å². The zero-order valence-corrected chi connectivity index (χ0v) is 8.17. The second kappa shape index (κ2) is 3.55. The van der Waals surface area contributed by atoms with Crippen molar-refractivity contribution in [3.63, 3.8) is 0 Å². The van der Waals surface area contributed by atoms with E-state index in [0.717, 1.165) is 11.8 Å². The van der Waals surface area contributed by atoms with Crippen molar-refractivity contribution in [2.24, 2.45) is 11.8 Å². The molecule has 0 aliphatic carbocycles. The highest BCUT2D eigenvalue weighted by Crippen LogP contribution is 2.20. The highest BCUT2D eigenvalue weighted by atomic mass is 15.6. The lowest BCUT2D eigenvalue weighted by molar-refractivity contribution is -0.0288. The van der Waals surface area contributed by atoms with Gasteiger partial charge in [0.25, 0.3) is 0 Å². The third kappa shape index (κ3) is 2.46. The molecule has 0 radical (unpaired) electrons. The smallest absolute Gasteiger partial charge is 0.0159 e. The minimum atomic E-state index is 0.862. The van der Waals surface area contributed by atoms with Crippen molar-refractivity contribution in [2.75, 3.05) is 27.2 Å². The second-order valence-electron chi connectivity index (χ2n) is 4.16. The van der Waals surface area contributed by atoms with E-state index in [-0.39, 0.29) is 0 Å². The molecule has 0 spiro atoms. The summed E-state index contributed by atoms with van der Waals surface area (Å²) in [6, 6.07) is 0. The maximum absolute atomic E-state index is 2.43. The molecule has 0 aromatic rings. The maximum atomic E-state index is 2.43. The predicted octanol–water partition coefficient (Wildman–Crippen LogP) is 1.44. The first kappa shape index (κ1) is 9.01. The van der Waals surface area contributed by atoms with Gasteiger partial charge in [0, 0.05) is 27.2 Å². The van der Waals surface area contributed by atoms with Gasteiger partial charge in [0.05, 0.1) is 0 Å². The molecule has 66 valence electrons. The van der Waals surface area contributed by atoms with Crippen molar-refractivity contribution in [1.29, 1.82) is 0 Å². The Morgan fingerprint density at radius 2 is 1.55 bits per heavy atom. The molecular weight excluding hydrogens is 136 g/mol. The summed E-state index contributed by atoms with van der Waals surface area (Å²) >= 11 is 0. The summed E-state index contributed by atoms with van der Waals surface area (Å²) in [5.41, 5.74) is 0. The zero-order chi connectivity index (χ0) is 8.43. The Bertz CT molecular complexity index is 113. The number of nitrogens with zero attached hydrogens (tertiary/aromatic N) is 2. The molecule has 0 bridgehead atoms. The van der Waals surface area contributed by atoms with Crippen molar-refractivity contribution in [3.05, 3.63) is 0 Å². The molecule has 1 heterocycles. The van der Waals surface area contributed by atoms with E-state index >= 15 is 0 Å². The molecule has 1 saturated heterocycles. The van der Waals surface area contributed by atoms with Gasteiger partial charge < -0.3 is 0 Å². The fourth-order valence-corrected chi connectivity index (χ4v) is 1.96.